The molecule has 1 rings (SSSR count). The normalized spacial score (nSPS) is 13.7. The molecule has 5 nitrogen and oxygen atoms in total. The van der Waals surface area contributed by atoms with Crippen LogP contribution >= 0.6 is 0 Å². The predicted octanol–water partition coefficient (Wildman–Crippen LogP) is 1.69. The molecule has 0 radical (unpaired) electrons. The Kier molecular flexibility index (Phi) is 6.03. The van der Waals surface area contributed by atoms with Crippen LogP contribution in [0.15, 0.2) is 17.2 Å². The largest absolute Gasteiger partial charge is 0.349 e. The standard InChI is InChI=1S/C13H25N3O2S/c1-5-7-16-10-13(8-12(16)9-14-4)19(17,18)15-11(3)6-2/h8,10-11,14-15H,5-7,9H2,1-4H3. The fraction of sp³-hybridized carbons (Fsp3) is 0.692. The maximum atomic E-state index is 12.2. The zero-order valence-electron chi connectivity index (χ0n) is 12.2. The van der Waals surface area contributed by atoms with Gasteiger partial charge >= 0.3 is 0 Å². The van der Waals surface area contributed by atoms with E-state index in [2.05, 4.69) is 17.0 Å². The minimum atomic E-state index is -3.41. The van der Waals surface area contributed by atoms with Gasteiger partial charge in [0.25, 0.3) is 0 Å². The van der Waals surface area contributed by atoms with E-state index in [1.807, 2.05) is 25.5 Å². The van der Waals surface area contributed by atoms with E-state index < -0.39 is 10.0 Å². The fourth-order valence-electron chi connectivity index (χ4n) is 1.87. The van der Waals surface area contributed by atoms with Crippen molar-refractivity contribution >= 4 is 10.0 Å². The highest BCUT2D eigenvalue weighted by Gasteiger charge is 2.19. The van der Waals surface area contributed by atoms with Crippen LogP contribution in [0.2, 0.25) is 0 Å². The van der Waals surface area contributed by atoms with E-state index in [4.69, 9.17) is 0 Å². The number of rotatable bonds is 8. The van der Waals surface area contributed by atoms with Gasteiger partial charge < -0.3 is 9.88 Å². The minimum absolute atomic E-state index is 0.0488. The van der Waals surface area contributed by atoms with Crippen molar-refractivity contribution in [1.29, 1.82) is 0 Å². The van der Waals surface area contributed by atoms with Crippen LogP contribution in [0, 0.1) is 0 Å². The van der Waals surface area contributed by atoms with Crippen molar-refractivity contribution in [3.05, 3.63) is 18.0 Å². The molecule has 1 atom stereocenters. The van der Waals surface area contributed by atoms with Crippen LogP contribution in [-0.2, 0) is 23.1 Å². The van der Waals surface area contributed by atoms with Gasteiger partial charge in [0.15, 0.2) is 0 Å². The lowest BCUT2D eigenvalue weighted by Gasteiger charge is -2.10. The molecule has 0 aliphatic rings. The van der Waals surface area contributed by atoms with Crippen LogP contribution in [0.1, 0.15) is 39.3 Å². The molecule has 19 heavy (non-hydrogen) atoms. The van der Waals surface area contributed by atoms with Gasteiger partial charge in [-0.05, 0) is 32.9 Å². The number of sulfonamides is 1. The Morgan fingerprint density at radius 1 is 1.37 bits per heavy atom. The molecule has 2 N–H and O–H groups in total. The van der Waals surface area contributed by atoms with Crippen molar-refractivity contribution in [2.24, 2.45) is 0 Å². The molecule has 6 heteroatoms. The lowest BCUT2D eigenvalue weighted by Crippen LogP contribution is -2.31. The second kappa shape index (κ2) is 7.07. The molecule has 1 aromatic heterocycles. The summed E-state index contributed by atoms with van der Waals surface area (Å²) in [6.07, 6.45) is 3.48. The van der Waals surface area contributed by atoms with E-state index in [1.165, 1.54) is 0 Å². The van der Waals surface area contributed by atoms with Crippen LogP contribution in [0.4, 0.5) is 0 Å². The summed E-state index contributed by atoms with van der Waals surface area (Å²) < 4.78 is 29.1. The van der Waals surface area contributed by atoms with Gasteiger partial charge in [0.1, 0.15) is 0 Å². The molecule has 0 bridgehead atoms. The van der Waals surface area contributed by atoms with Crippen LogP contribution in [0.25, 0.3) is 0 Å². The monoisotopic (exact) mass is 287 g/mol. The number of hydrogen-bond donors (Lipinski definition) is 2. The Hall–Kier alpha value is -0.850. The van der Waals surface area contributed by atoms with Crippen LogP contribution < -0.4 is 10.0 Å². The van der Waals surface area contributed by atoms with Crippen LogP contribution in [-0.4, -0.2) is 26.1 Å². The quantitative estimate of drug-likeness (QED) is 0.765. The Bertz CT molecular complexity index is 470. The molecule has 110 valence electrons. The van der Waals surface area contributed by atoms with Crippen molar-refractivity contribution in [2.75, 3.05) is 7.05 Å². The maximum absolute atomic E-state index is 12.2. The number of nitrogens with one attached hydrogen (secondary N) is 2. The van der Waals surface area contributed by atoms with E-state index in [1.54, 1.807) is 12.3 Å². The van der Waals surface area contributed by atoms with E-state index in [0.717, 1.165) is 25.1 Å². The molecule has 1 unspecified atom stereocenters. The summed E-state index contributed by atoms with van der Waals surface area (Å²) in [7, 11) is -1.55. The minimum Gasteiger partial charge on any atom is -0.349 e. The molecule has 1 aromatic rings. The number of hydrogen-bond acceptors (Lipinski definition) is 3. The summed E-state index contributed by atoms with van der Waals surface area (Å²) in [4.78, 5) is 0.353. The summed E-state index contributed by atoms with van der Waals surface area (Å²) in [6, 6.07) is 1.70. The highest BCUT2D eigenvalue weighted by atomic mass is 32.2. The second-order valence-corrected chi connectivity index (χ2v) is 6.54. The zero-order chi connectivity index (χ0) is 14.5. The molecule has 0 fully saturated rings. The first-order valence-corrected chi connectivity index (χ1v) is 8.28. The molecule has 0 aliphatic carbocycles. The molecule has 0 saturated carbocycles. The Morgan fingerprint density at radius 2 is 2.05 bits per heavy atom. The average Bonchev–Trinajstić information content (AvgIpc) is 2.74. The number of nitrogens with zero attached hydrogens (tertiary/aromatic N) is 1. The van der Waals surface area contributed by atoms with E-state index >= 15 is 0 Å². The highest BCUT2D eigenvalue weighted by Crippen LogP contribution is 2.16. The molecular formula is C13H25N3O2S. The summed E-state index contributed by atoms with van der Waals surface area (Å²) in [5.74, 6) is 0. The van der Waals surface area contributed by atoms with E-state index in [-0.39, 0.29) is 6.04 Å². The van der Waals surface area contributed by atoms with Crippen molar-refractivity contribution < 1.29 is 8.42 Å². The number of aryl methyl sites for hydroxylation is 1. The average molecular weight is 287 g/mol. The molecule has 0 amide bonds. The van der Waals surface area contributed by atoms with Gasteiger partial charge in [-0.1, -0.05) is 13.8 Å². The third-order valence-corrected chi connectivity index (χ3v) is 4.62. The number of aromatic nitrogens is 1. The van der Waals surface area contributed by atoms with Gasteiger partial charge in [0.05, 0.1) is 4.90 Å². The first kappa shape index (κ1) is 16.2. The van der Waals surface area contributed by atoms with Crippen molar-refractivity contribution in [3.8, 4) is 0 Å². The molecule has 1 heterocycles. The predicted molar refractivity (Wildman–Crippen MR) is 77.6 cm³/mol. The third-order valence-electron chi connectivity index (χ3n) is 3.06. The van der Waals surface area contributed by atoms with Gasteiger partial charge in [0.2, 0.25) is 10.0 Å². The molecular weight excluding hydrogens is 262 g/mol. The Labute approximate surface area is 116 Å². The van der Waals surface area contributed by atoms with Gasteiger partial charge in [-0.15, -0.1) is 0 Å². The maximum Gasteiger partial charge on any atom is 0.242 e. The Balaban J connectivity index is 3.03. The molecule has 0 aliphatic heterocycles. The fourth-order valence-corrected chi connectivity index (χ4v) is 3.26. The SMILES string of the molecule is CCCn1cc(S(=O)(=O)NC(C)CC)cc1CNC. The summed E-state index contributed by atoms with van der Waals surface area (Å²) in [5.41, 5.74) is 0.994. The van der Waals surface area contributed by atoms with Gasteiger partial charge in [-0.3, -0.25) is 0 Å². The zero-order valence-corrected chi connectivity index (χ0v) is 13.0. The lowest BCUT2D eigenvalue weighted by atomic mass is 10.3. The third kappa shape index (κ3) is 4.33. The lowest BCUT2D eigenvalue weighted by molar-refractivity contribution is 0.555. The molecule has 0 spiro atoms. The second-order valence-electron chi connectivity index (χ2n) is 4.82. The van der Waals surface area contributed by atoms with Crippen LogP contribution in [0.5, 0.6) is 0 Å². The van der Waals surface area contributed by atoms with Crippen molar-refractivity contribution in [1.82, 2.24) is 14.6 Å². The first-order valence-electron chi connectivity index (χ1n) is 6.80. The topological polar surface area (TPSA) is 63.1 Å². The summed E-state index contributed by atoms with van der Waals surface area (Å²) >= 11 is 0. The summed E-state index contributed by atoms with van der Waals surface area (Å²) in [6.45, 7) is 7.40. The molecule has 0 saturated heterocycles. The van der Waals surface area contributed by atoms with E-state index in [0.29, 0.717) is 11.4 Å². The Morgan fingerprint density at radius 3 is 2.58 bits per heavy atom. The first-order chi connectivity index (χ1) is 8.94. The van der Waals surface area contributed by atoms with Crippen molar-refractivity contribution in [2.45, 2.75) is 57.6 Å². The molecule has 0 aromatic carbocycles. The van der Waals surface area contributed by atoms with Crippen molar-refractivity contribution in [3.63, 3.8) is 0 Å². The van der Waals surface area contributed by atoms with Gasteiger partial charge in [-0.25, -0.2) is 13.1 Å². The van der Waals surface area contributed by atoms with Crippen LogP contribution in [0.3, 0.4) is 0 Å². The summed E-state index contributed by atoms with van der Waals surface area (Å²) in [5, 5.41) is 3.06. The highest BCUT2D eigenvalue weighted by molar-refractivity contribution is 7.89. The van der Waals surface area contributed by atoms with Gasteiger partial charge in [-0.2, -0.15) is 0 Å². The smallest absolute Gasteiger partial charge is 0.242 e. The van der Waals surface area contributed by atoms with Gasteiger partial charge in [0, 0.05) is 31.0 Å². The van der Waals surface area contributed by atoms with E-state index in [9.17, 15) is 8.42 Å².